The van der Waals surface area contributed by atoms with Gasteiger partial charge in [0, 0.05) is 22.8 Å². The van der Waals surface area contributed by atoms with Crippen LogP contribution in [0.1, 0.15) is 169 Å². The molecule has 0 unspecified atom stereocenters. The van der Waals surface area contributed by atoms with Gasteiger partial charge >= 0.3 is 0 Å². The number of rotatable bonds is 20. The monoisotopic (exact) mass is 582 g/mol. The quantitative estimate of drug-likeness (QED) is 0.110. The van der Waals surface area contributed by atoms with Crippen molar-refractivity contribution < 1.29 is 4.70 Å². The van der Waals surface area contributed by atoms with Crippen molar-refractivity contribution in [3.63, 3.8) is 0 Å². The maximum Gasteiger partial charge on any atom is 0.210 e. The SMILES string of the molecule is CCCCCCc1cc(C2=CC(CCCC)=C(c3cc(C)c(C)c(C)c3)[N+]2=[N-])cc(CCCCCC)c1CCCCCC. The molecule has 0 atom stereocenters. The van der Waals surface area contributed by atoms with E-state index in [-0.39, 0.29) is 0 Å². The molecule has 43 heavy (non-hydrogen) atoms. The van der Waals surface area contributed by atoms with Crippen molar-refractivity contribution in [1.29, 1.82) is 0 Å². The maximum atomic E-state index is 11.9. The fourth-order valence-electron chi connectivity index (χ4n) is 6.72. The number of hydrogen-bond acceptors (Lipinski definition) is 0. The average molecular weight is 583 g/mol. The van der Waals surface area contributed by atoms with Gasteiger partial charge in [-0.3, -0.25) is 0 Å². The number of hydrogen-bond donors (Lipinski definition) is 0. The van der Waals surface area contributed by atoms with E-state index in [1.54, 1.807) is 5.56 Å². The van der Waals surface area contributed by atoms with Gasteiger partial charge in [0.1, 0.15) is 0 Å². The molecule has 0 N–H and O–H groups in total. The highest BCUT2D eigenvalue weighted by Crippen LogP contribution is 2.39. The van der Waals surface area contributed by atoms with Crippen molar-refractivity contribution in [2.45, 2.75) is 164 Å². The molecule has 0 spiro atoms. The molecule has 2 heteroatoms. The smallest absolute Gasteiger partial charge is 0.210 e. The molecule has 0 amide bonds. The van der Waals surface area contributed by atoms with Crippen LogP contribution in [0, 0.1) is 20.8 Å². The zero-order valence-electron chi connectivity index (χ0n) is 29.0. The number of unbranched alkanes of at least 4 members (excludes halogenated alkanes) is 10. The second kappa shape index (κ2) is 18.4. The number of nitrogens with zero attached hydrogens (tertiary/aromatic N) is 2. The molecule has 0 radical (unpaired) electrons. The van der Waals surface area contributed by atoms with Crippen LogP contribution in [-0.4, -0.2) is 4.70 Å². The predicted octanol–water partition coefficient (Wildman–Crippen LogP) is 13.0. The van der Waals surface area contributed by atoms with Crippen molar-refractivity contribution in [3.05, 3.63) is 86.0 Å². The van der Waals surface area contributed by atoms with Crippen molar-refractivity contribution in [2.24, 2.45) is 0 Å². The molecule has 0 saturated heterocycles. The van der Waals surface area contributed by atoms with Crippen LogP contribution in [0.4, 0.5) is 0 Å². The van der Waals surface area contributed by atoms with Crippen LogP contribution in [-0.2, 0) is 19.3 Å². The van der Waals surface area contributed by atoms with Crippen LogP contribution in [0.25, 0.3) is 16.9 Å². The Balaban J connectivity index is 2.07. The summed E-state index contributed by atoms with van der Waals surface area (Å²) in [7, 11) is 0. The summed E-state index contributed by atoms with van der Waals surface area (Å²) in [5.74, 6) is 0. The normalized spacial score (nSPS) is 13.4. The minimum absolute atomic E-state index is 0.958. The van der Waals surface area contributed by atoms with Gasteiger partial charge in [-0.15, -0.1) is 0 Å². The Hall–Kier alpha value is -2.48. The van der Waals surface area contributed by atoms with E-state index in [0.29, 0.717) is 0 Å². The Bertz CT molecular complexity index is 1200. The summed E-state index contributed by atoms with van der Waals surface area (Å²) in [6, 6.07) is 9.44. The standard InChI is InChI=1S/C41H62N2/c1-8-12-16-19-23-34-28-37(29-35(24-20-17-13-9-2)39(34)25-21-18-14-10-3)40-30-36(22-15-11-4)41(43(40)42)38-26-31(5)33(7)32(6)27-38/h26-30H,8-25H2,1-7H3. The van der Waals surface area contributed by atoms with E-state index < -0.39 is 0 Å². The lowest BCUT2D eigenvalue weighted by atomic mass is 9.87. The second-order valence-electron chi connectivity index (χ2n) is 13.3. The molecule has 1 heterocycles. The fraction of sp³-hybridized carbons (Fsp3) is 0.610. The minimum Gasteiger partial charge on any atom is -0.493 e. The maximum absolute atomic E-state index is 11.9. The van der Waals surface area contributed by atoms with Crippen LogP contribution >= 0.6 is 0 Å². The lowest BCUT2D eigenvalue weighted by Crippen LogP contribution is -2.07. The zero-order chi connectivity index (χ0) is 31.2. The molecule has 0 bridgehead atoms. The summed E-state index contributed by atoms with van der Waals surface area (Å²) in [6.45, 7) is 15.7. The zero-order valence-corrected chi connectivity index (χ0v) is 29.0. The Morgan fingerprint density at radius 1 is 0.535 bits per heavy atom. The molecule has 236 valence electrons. The number of aryl methyl sites for hydroxylation is 4. The predicted molar refractivity (Wildman–Crippen MR) is 189 cm³/mol. The Kier molecular flexibility index (Phi) is 14.9. The van der Waals surface area contributed by atoms with Crippen LogP contribution in [0.2, 0.25) is 0 Å². The molecule has 1 aliphatic rings. The van der Waals surface area contributed by atoms with Gasteiger partial charge in [0.05, 0.1) is 0 Å². The molecule has 2 aromatic carbocycles. The fourth-order valence-corrected chi connectivity index (χ4v) is 6.72. The van der Waals surface area contributed by atoms with Crippen molar-refractivity contribution in [2.75, 3.05) is 0 Å². The van der Waals surface area contributed by atoms with Crippen LogP contribution in [0.5, 0.6) is 0 Å². The molecule has 0 saturated carbocycles. The lowest BCUT2D eigenvalue weighted by Gasteiger charge is -2.19. The van der Waals surface area contributed by atoms with Crippen LogP contribution < -0.4 is 0 Å². The van der Waals surface area contributed by atoms with E-state index in [2.05, 4.69) is 78.8 Å². The third-order valence-electron chi connectivity index (χ3n) is 9.67. The van der Waals surface area contributed by atoms with E-state index in [1.165, 1.54) is 127 Å². The van der Waals surface area contributed by atoms with Crippen molar-refractivity contribution >= 4 is 11.4 Å². The van der Waals surface area contributed by atoms with Crippen molar-refractivity contribution in [1.82, 2.24) is 0 Å². The van der Waals surface area contributed by atoms with E-state index >= 15 is 0 Å². The Morgan fingerprint density at radius 2 is 1.02 bits per heavy atom. The molecular formula is C41H62N2. The first-order valence-electron chi connectivity index (χ1n) is 18.0. The van der Waals surface area contributed by atoms with Crippen LogP contribution in [0.15, 0.2) is 35.9 Å². The summed E-state index contributed by atoms with van der Waals surface area (Å²) < 4.78 is 1.53. The Morgan fingerprint density at radius 3 is 1.51 bits per heavy atom. The largest absolute Gasteiger partial charge is 0.493 e. The topological polar surface area (TPSA) is 25.3 Å². The average Bonchev–Trinajstić information content (AvgIpc) is 3.33. The van der Waals surface area contributed by atoms with E-state index in [4.69, 9.17) is 0 Å². The summed E-state index contributed by atoms with van der Waals surface area (Å²) in [5, 5.41) is 0. The molecule has 0 fully saturated rings. The minimum atomic E-state index is 0.958. The Labute approximate surface area is 265 Å². The molecule has 3 rings (SSSR count). The van der Waals surface area contributed by atoms with Gasteiger partial charge in [0.25, 0.3) is 0 Å². The first-order valence-corrected chi connectivity index (χ1v) is 18.0. The van der Waals surface area contributed by atoms with E-state index in [0.717, 1.165) is 49.1 Å². The lowest BCUT2D eigenvalue weighted by molar-refractivity contribution is -0.344. The summed E-state index contributed by atoms with van der Waals surface area (Å²) in [6.07, 6.45) is 24.5. The molecule has 0 aromatic heterocycles. The van der Waals surface area contributed by atoms with Gasteiger partial charge < -0.3 is 5.53 Å². The van der Waals surface area contributed by atoms with Gasteiger partial charge in [-0.05, 0) is 130 Å². The van der Waals surface area contributed by atoms with Crippen LogP contribution in [0.3, 0.4) is 0 Å². The summed E-state index contributed by atoms with van der Waals surface area (Å²) in [5.41, 5.74) is 26.1. The highest BCUT2D eigenvalue weighted by molar-refractivity contribution is 5.79. The van der Waals surface area contributed by atoms with Gasteiger partial charge in [-0.25, -0.2) is 4.70 Å². The molecule has 2 nitrogen and oxygen atoms in total. The first-order chi connectivity index (χ1) is 20.9. The van der Waals surface area contributed by atoms with Gasteiger partial charge in [-0.2, -0.15) is 0 Å². The van der Waals surface area contributed by atoms with Gasteiger partial charge in [-0.1, -0.05) is 91.9 Å². The molecule has 2 aromatic rings. The van der Waals surface area contributed by atoms with E-state index in [9.17, 15) is 5.53 Å². The highest BCUT2D eigenvalue weighted by atomic mass is 15.2. The molecule has 1 aliphatic heterocycles. The summed E-state index contributed by atoms with van der Waals surface area (Å²) in [4.78, 5) is 0. The highest BCUT2D eigenvalue weighted by Gasteiger charge is 2.30. The van der Waals surface area contributed by atoms with E-state index in [1.807, 2.05) is 0 Å². The van der Waals surface area contributed by atoms with Crippen molar-refractivity contribution in [3.8, 4) is 0 Å². The third kappa shape index (κ3) is 9.75. The van der Waals surface area contributed by atoms with Gasteiger partial charge in [0.15, 0.2) is 0 Å². The third-order valence-corrected chi connectivity index (χ3v) is 9.67. The molecule has 0 aliphatic carbocycles. The first kappa shape index (κ1) is 35.0. The molecular weight excluding hydrogens is 520 g/mol. The number of benzene rings is 2. The van der Waals surface area contributed by atoms with Gasteiger partial charge in [0.2, 0.25) is 11.4 Å². The number of allylic oxidation sites excluding steroid dienone is 2. The summed E-state index contributed by atoms with van der Waals surface area (Å²) >= 11 is 0. The second-order valence-corrected chi connectivity index (χ2v) is 13.3.